The topological polar surface area (TPSA) is 110 Å². The maximum atomic E-state index is 13.2. The smallest absolute Gasteiger partial charge is 0.322 e. The van der Waals surface area contributed by atoms with Crippen molar-refractivity contribution in [1.82, 2.24) is 20.5 Å². The Morgan fingerprint density at radius 2 is 2.00 bits per heavy atom. The van der Waals surface area contributed by atoms with Gasteiger partial charge in [0.15, 0.2) is 5.54 Å². The fourth-order valence-electron chi connectivity index (χ4n) is 5.10. The number of benzene rings is 2. The van der Waals surface area contributed by atoms with Gasteiger partial charge >= 0.3 is 6.03 Å². The number of amides is 4. The minimum Gasteiger partial charge on any atom is -0.497 e. The third-order valence-corrected chi connectivity index (χ3v) is 6.88. The molecular formula is C26H22N4O5. The summed E-state index contributed by atoms with van der Waals surface area (Å²) in [4.78, 5) is 44.8. The first kappa shape index (κ1) is 21.2. The molecule has 1 unspecified atom stereocenters. The summed E-state index contributed by atoms with van der Waals surface area (Å²) in [7, 11) is 1.54. The number of hydrogen-bond acceptors (Lipinski definition) is 6. The summed E-state index contributed by atoms with van der Waals surface area (Å²) in [6.45, 7) is 2.22. The molecule has 1 saturated heterocycles. The number of fused-ring (bicyclic) bond motifs is 4. The number of urea groups is 1. The van der Waals surface area contributed by atoms with Gasteiger partial charge in [-0.1, -0.05) is 18.2 Å². The molecule has 0 radical (unpaired) electrons. The Hall–Kier alpha value is -4.40. The second kappa shape index (κ2) is 7.56. The Morgan fingerprint density at radius 1 is 1.14 bits per heavy atom. The fourth-order valence-corrected chi connectivity index (χ4v) is 5.10. The van der Waals surface area contributed by atoms with E-state index < -0.39 is 17.5 Å². The molecule has 9 heteroatoms. The molecule has 1 aromatic heterocycles. The lowest BCUT2D eigenvalue weighted by Gasteiger charge is -2.33. The van der Waals surface area contributed by atoms with Gasteiger partial charge in [-0.2, -0.15) is 0 Å². The number of aromatic nitrogens is 1. The van der Waals surface area contributed by atoms with Gasteiger partial charge in [0, 0.05) is 29.4 Å². The van der Waals surface area contributed by atoms with Crippen LogP contribution in [0.25, 0.3) is 11.3 Å². The molecule has 4 heterocycles. The van der Waals surface area contributed by atoms with Crippen LogP contribution in [0.5, 0.6) is 11.5 Å². The molecule has 35 heavy (non-hydrogen) atoms. The zero-order valence-electron chi connectivity index (χ0n) is 19.1. The van der Waals surface area contributed by atoms with Crippen LogP contribution >= 0.6 is 0 Å². The number of nitrogens with zero attached hydrogens (tertiary/aromatic N) is 2. The number of rotatable bonds is 4. The van der Waals surface area contributed by atoms with Gasteiger partial charge in [0.05, 0.1) is 13.7 Å². The van der Waals surface area contributed by atoms with E-state index in [1.807, 2.05) is 37.3 Å². The zero-order valence-corrected chi connectivity index (χ0v) is 19.1. The monoisotopic (exact) mass is 470 g/mol. The van der Waals surface area contributed by atoms with Gasteiger partial charge in [-0.05, 0) is 48.4 Å². The van der Waals surface area contributed by atoms with Crippen molar-refractivity contribution in [2.24, 2.45) is 0 Å². The lowest BCUT2D eigenvalue weighted by Crippen LogP contribution is -2.52. The number of pyridine rings is 1. The van der Waals surface area contributed by atoms with Crippen LogP contribution in [0.1, 0.15) is 40.1 Å². The second-order valence-electron chi connectivity index (χ2n) is 8.91. The van der Waals surface area contributed by atoms with E-state index in [2.05, 4.69) is 15.6 Å². The quantitative estimate of drug-likeness (QED) is 0.568. The first-order chi connectivity index (χ1) is 16.9. The predicted molar refractivity (Wildman–Crippen MR) is 125 cm³/mol. The van der Waals surface area contributed by atoms with E-state index >= 15 is 0 Å². The molecule has 4 amide bonds. The molecule has 0 aliphatic carbocycles. The molecule has 3 aliphatic heterocycles. The number of ether oxygens (including phenoxy) is 2. The summed E-state index contributed by atoms with van der Waals surface area (Å²) in [5.74, 6) is 0.544. The number of hydrogen-bond donors (Lipinski definition) is 2. The van der Waals surface area contributed by atoms with Crippen molar-refractivity contribution in [3.8, 4) is 22.8 Å². The number of carbonyl (C=O) groups is 3. The minimum atomic E-state index is -1.45. The second-order valence-corrected chi connectivity index (χ2v) is 8.91. The molecule has 2 N–H and O–H groups in total. The largest absolute Gasteiger partial charge is 0.497 e. The summed E-state index contributed by atoms with van der Waals surface area (Å²) < 4.78 is 11.3. The first-order valence-electron chi connectivity index (χ1n) is 11.3. The van der Waals surface area contributed by atoms with Crippen LogP contribution in [-0.4, -0.2) is 41.4 Å². The van der Waals surface area contributed by atoms with Crippen LogP contribution < -0.4 is 20.1 Å². The zero-order chi connectivity index (χ0) is 24.3. The molecule has 176 valence electrons. The third kappa shape index (κ3) is 3.15. The van der Waals surface area contributed by atoms with E-state index in [1.165, 1.54) is 0 Å². The van der Waals surface area contributed by atoms with Crippen LogP contribution in [0.15, 0.2) is 54.7 Å². The van der Waals surface area contributed by atoms with Gasteiger partial charge in [0.25, 0.3) is 11.8 Å². The Balaban J connectivity index is 1.41. The van der Waals surface area contributed by atoms with Gasteiger partial charge < -0.3 is 19.7 Å². The average Bonchev–Trinajstić information content (AvgIpc) is 3.33. The van der Waals surface area contributed by atoms with Gasteiger partial charge in [0.2, 0.25) is 0 Å². The van der Waals surface area contributed by atoms with Crippen LogP contribution in [0.2, 0.25) is 0 Å². The third-order valence-electron chi connectivity index (χ3n) is 6.88. The molecule has 0 saturated carbocycles. The summed E-state index contributed by atoms with van der Waals surface area (Å²) in [5, 5.41) is 5.15. The molecule has 2 atom stereocenters. The van der Waals surface area contributed by atoms with Crippen LogP contribution in [0, 0.1) is 0 Å². The molecule has 6 rings (SSSR count). The Kier molecular flexibility index (Phi) is 4.57. The Labute approximate surface area is 201 Å². The molecular weight excluding hydrogens is 448 g/mol. The van der Waals surface area contributed by atoms with Crippen molar-refractivity contribution >= 4 is 17.8 Å². The fraction of sp³-hybridized carbons (Fsp3) is 0.231. The van der Waals surface area contributed by atoms with E-state index in [1.54, 1.807) is 36.4 Å². The van der Waals surface area contributed by atoms with E-state index in [0.29, 0.717) is 29.2 Å². The number of nitrogens with one attached hydrogen (secondary N) is 2. The molecule has 3 aromatic rings. The van der Waals surface area contributed by atoms with Gasteiger partial charge in [-0.3, -0.25) is 19.9 Å². The first-order valence-corrected chi connectivity index (χ1v) is 11.3. The van der Waals surface area contributed by atoms with E-state index in [0.717, 1.165) is 22.4 Å². The van der Waals surface area contributed by atoms with E-state index in [9.17, 15) is 14.4 Å². The van der Waals surface area contributed by atoms with Gasteiger partial charge in [-0.25, -0.2) is 4.79 Å². The Morgan fingerprint density at radius 3 is 2.77 bits per heavy atom. The highest BCUT2D eigenvalue weighted by Crippen LogP contribution is 2.43. The predicted octanol–water partition coefficient (Wildman–Crippen LogP) is 2.90. The molecule has 0 spiro atoms. The standard InChI is InChI=1S/C26H22N4O5/c1-14-19-10-16(6-8-18(19)22-21(35-14)4-3-9-27-22)26(24(32)28-25(33)29-26)13-30-12-15-5-7-17(34-2)11-20(15)23(30)31/h3-11,14H,12-13H2,1-2H3,(H2,28,29,32,33)/t14?,26-/m0/s1. The van der Waals surface area contributed by atoms with Crippen molar-refractivity contribution in [2.75, 3.05) is 13.7 Å². The lowest BCUT2D eigenvalue weighted by molar-refractivity contribution is -0.124. The van der Waals surface area contributed by atoms with Crippen LogP contribution in [0.4, 0.5) is 4.79 Å². The van der Waals surface area contributed by atoms with E-state index in [-0.39, 0.29) is 18.6 Å². The van der Waals surface area contributed by atoms with Gasteiger partial charge in [-0.15, -0.1) is 0 Å². The lowest BCUT2D eigenvalue weighted by atomic mass is 9.85. The maximum absolute atomic E-state index is 13.2. The average molecular weight is 470 g/mol. The highest BCUT2D eigenvalue weighted by atomic mass is 16.5. The summed E-state index contributed by atoms with van der Waals surface area (Å²) in [6, 6.07) is 14.0. The van der Waals surface area contributed by atoms with Crippen molar-refractivity contribution in [2.45, 2.75) is 25.1 Å². The van der Waals surface area contributed by atoms with Crippen molar-refractivity contribution < 1.29 is 23.9 Å². The molecule has 0 bridgehead atoms. The van der Waals surface area contributed by atoms with Crippen LogP contribution in [0.3, 0.4) is 0 Å². The Bertz CT molecular complexity index is 1420. The molecule has 2 aromatic carbocycles. The van der Waals surface area contributed by atoms with Crippen molar-refractivity contribution in [3.63, 3.8) is 0 Å². The summed E-state index contributed by atoms with van der Waals surface area (Å²) in [5.41, 5.74) is 2.96. The number of carbonyl (C=O) groups excluding carboxylic acids is 3. The van der Waals surface area contributed by atoms with E-state index in [4.69, 9.17) is 9.47 Å². The molecule has 3 aliphatic rings. The minimum absolute atomic E-state index is 0.0245. The summed E-state index contributed by atoms with van der Waals surface area (Å²) >= 11 is 0. The summed E-state index contributed by atoms with van der Waals surface area (Å²) in [6.07, 6.45) is 1.41. The van der Waals surface area contributed by atoms with Gasteiger partial charge in [0.1, 0.15) is 23.3 Å². The molecule has 1 fully saturated rings. The highest BCUT2D eigenvalue weighted by molar-refractivity contribution is 6.08. The highest BCUT2D eigenvalue weighted by Gasteiger charge is 2.51. The van der Waals surface area contributed by atoms with Crippen molar-refractivity contribution in [3.05, 3.63) is 77.0 Å². The normalized spacial score (nSPS) is 22.1. The molecule has 9 nitrogen and oxygen atoms in total. The number of imide groups is 1. The maximum Gasteiger partial charge on any atom is 0.322 e. The van der Waals surface area contributed by atoms with Crippen molar-refractivity contribution in [1.29, 1.82) is 0 Å². The SMILES string of the molecule is COc1ccc2c(c1)C(=O)N(C[C@@]1(c3ccc4c(c3)C(C)Oc3cccnc3-4)NC(=O)NC1=O)C2. The number of methoxy groups -OCH3 is 1. The van der Waals surface area contributed by atoms with Crippen LogP contribution in [-0.2, 0) is 16.9 Å².